The van der Waals surface area contributed by atoms with E-state index in [1.54, 1.807) is 31.2 Å². The molecule has 2 aromatic carbocycles. The molecule has 0 radical (unpaired) electrons. The molecule has 1 aliphatic carbocycles. The molecule has 0 aliphatic heterocycles. The van der Waals surface area contributed by atoms with Gasteiger partial charge >= 0.3 is 0 Å². The average Bonchev–Trinajstić information content (AvgIpc) is 3.36. The minimum Gasteiger partial charge on any atom is -0.481 e. The third kappa shape index (κ3) is 4.19. The number of carbonyl (C=O) groups excluding carboxylic acids is 1. The maximum Gasteiger partial charge on any atom is 0.261 e. The highest BCUT2D eigenvalue weighted by Gasteiger charge is 2.41. The van der Waals surface area contributed by atoms with Crippen LogP contribution in [-0.2, 0) is 4.79 Å². The van der Waals surface area contributed by atoms with Crippen LogP contribution in [0.25, 0.3) is 0 Å². The fourth-order valence-corrected chi connectivity index (χ4v) is 3.08. The monoisotopic (exact) mass is 334 g/mol. The van der Waals surface area contributed by atoms with Crippen LogP contribution < -0.4 is 10.1 Å². The maximum absolute atomic E-state index is 12.6. The van der Waals surface area contributed by atoms with E-state index in [0.29, 0.717) is 23.1 Å². The fourth-order valence-electron chi connectivity index (χ4n) is 3.08. The molecular weight excluding hydrogens is 312 g/mol. The van der Waals surface area contributed by atoms with Gasteiger partial charge in [0.1, 0.15) is 5.75 Å². The van der Waals surface area contributed by atoms with Crippen molar-refractivity contribution in [2.24, 2.45) is 11.8 Å². The van der Waals surface area contributed by atoms with Crippen LogP contribution in [0.15, 0.2) is 54.6 Å². The standard InChI is InChI=1S/C21H22N2O2/c1-14-11-19(14)20(17-8-4-3-5-9-17)23-21(24)15(2)25-18-10-6-7-16(12-18)13-22/h3-10,12,14-15,19-20H,11H2,1-2H3,(H,23,24). The average molecular weight is 334 g/mol. The molecule has 0 spiro atoms. The molecule has 4 nitrogen and oxygen atoms in total. The van der Waals surface area contributed by atoms with Gasteiger partial charge in [-0.2, -0.15) is 5.26 Å². The van der Waals surface area contributed by atoms with E-state index >= 15 is 0 Å². The highest BCUT2D eigenvalue weighted by Crippen LogP contribution is 2.46. The van der Waals surface area contributed by atoms with Gasteiger partial charge in [-0.3, -0.25) is 4.79 Å². The van der Waals surface area contributed by atoms with Crippen molar-refractivity contribution in [2.45, 2.75) is 32.4 Å². The smallest absolute Gasteiger partial charge is 0.261 e. The fraction of sp³-hybridized carbons (Fsp3) is 0.333. The van der Waals surface area contributed by atoms with Crippen molar-refractivity contribution in [3.05, 3.63) is 65.7 Å². The largest absolute Gasteiger partial charge is 0.481 e. The minimum atomic E-state index is -0.630. The molecule has 2 aromatic rings. The van der Waals surface area contributed by atoms with Crippen molar-refractivity contribution in [1.82, 2.24) is 5.32 Å². The Labute approximate surface area is 148 Å². The van der Waals surface area contributed by atoms with Crippen molar-refractivity contribution >= 4 is 5.91 Å². The number of benzene rings is 2. The molecule has 0 heterocycles. The molecule has 3 rings (SSSR count). The first-order valence-corrected chi connectivity index (χ1v) is 8.60. The number of hydrogen-bond donors (Lipinski definition) is 1. The molecule has 1 amide bonds. The number of hydrogen-bond acceptors (Lipinski definition) is 3. The number of nitriles is 1. The van der Waals surface area contributed by atoms with E-state index in [1.165, 1.54) is 0 Å². The van der Waals surface area contributed by atoms with Gasteiger partial charge in [0.2, 0.25) is 0 Å². The van der Waals surface area contributed by atoms with Gasteiger partial charge in [0.05, 0.1) is 17.7 Å². The van der Waals surface area contributed by atoms with Crippen LogP contribution in [0, 0.1) is 23.2 Å². The Bertz CT molecular complexity index is 782. The molecule has 128 valence electrons. The van der Waals surface area contributed by atoms with Gasteiger partial charge < -0.3 is 10.1 Å². The third-order valence-corrected chi connectivity index (χ3v) is 4.70. The summed E-state index contributed by atoms with van der Waals surface area (Å²) in [5, 5.41) is 12.1. The van der Waals surface area contributed by atoms with E-state index in [-0.39, 0.29) is 11.9 Å². The Balaban J connectivity index is 1.67. The molecule has 1 aliphatic rings. The Kier molecular flexibility index (Phi) is 5.04. The van der Waals surface area contributed by atoms with Crippen LogP contribution >= 0.6 is 0 Å². The molecule has 4 atom stereocenters. The van der Waals surface area contributed by atoms with Gasteiger partial charge in [0.15, 0.2) is 6.10 Å². The second-order valence-electron chi connectivity index (χ2n) is 6.67. The van der Waals surface area contributed by atoms with Crippen LogP contribution in [0.1, 0.15) is 37.4 Å². The number of nitrogens with one attached hydrogen (secondary N) is 1. The van der Waals surface area contributed by atoms with Crippen molar-refractivity contribution in [1.29, 1.82) is 5.26 Å². The lowest BCUT2D eigenvalue weighted by molar-refractivity contribution is -0.128. The molecular formula is C21H22N2O2. The number of amides is 1. The number of rotatable bonds is 6. The van der Waals surface area contributed by atoms with Crippen molar-refractivity contribution in [3.8, 4) is 11.8 Å². The quantitative estimate of drug-likeness (QED) is 0.873. The molecule has 25 heavy (non-hydrogen) atoms. The topological polar surface area (TPSA) is 62.1 Å². The van der Waals surface area contributed by atoms with E-state index in [0.717, 1.165) is 12.0 Å². The summed E-state index contributed by atoms with van der Waals surface area (Å²) in [6.45, 7) is 3.94. The van der Waals surface area contributed by atoms with Gasteiger partial charge in [-0.15, -0.1) is 0 Å². The molecule has 0 bridgehead atoms. The summed E-state index contributed by atoms with van der Waals surface area (Å²) in [5.41, 5.74) is 1.64. The van der Waals surface area contributed by atoms with E-state index in [9.17, 15) is 4.79 Å². The summed E-state index contributed by atoms with van der Waals surface area (Å²) in [4.78, 5) is 12.6. The Morgan fingerprint density at radius 2 is 1.96 bits per heavy atom. The molecule has 0 aromatic heterocycles. The van der Waals surface area contributed by atoms with Crippen LogP contribution in [0.3, 0.4) is 0 Å². The second-order valence-corrected chi connectivity index (χ2v) is 6.67. The number of ether oxygens (including phenoxy) is 1. The highest BCUT2D eigenvalue weighted by atomic mass is 16.5. The summed E-state index contributed by atoms with van der Waals surface area (Å²) in [5.74, 6) is 1.47. The summed E-state index contributed by atoms with van der Waals surface area (Å²) < 4.78 is 5.72. The van der Waals surface area contributed by atoms with E-state index in [4.69, 9.17) is 10.00 Å². The van der Waals surface area contributed by atoms with Crippen molar-refractivity contribution in [3.63, 3.8) is 0 Å². The maximum atomic E-state index is 12.6. The Morgan fingerprint density at radius 3 is 2.60 bits per heavy atom. The SMILES string of the molecule is CC(Oc1cccc(C#N)c1)C(=O)NC(c1ccccc1)C1CC1C. The molecule has 1 saturated carbocycles. The lowest BCUT2D eigenvalue weighted by Gasteiger charge is -2.22. The Hall–Kier alpha value is -2.80. The van der Waals surface area contributed by atoms with Gasteiger partial charge in [0.25, 0.3) is 5.91 Å². The lowest BCUT2D eigenvalue weighted by Crippen LogP contribution is -2.39. The van der Waals surface area contributed by atoms with Gasteiger partial charge in [-0.25, -0.2) is 0 Å². The van der Waals surface area contributed by atoms with Gasteiger partial charge in [0, 0.05) is 0 Å². The third-order valence-electron chi connectivity index (χ3n) is 4.70. The molecule has 4 unspecified atom stereocenters. The van der Waals surface area contributed by atoms with Crippen LogP contribution in [0.4, 0.5) is 0 Å². The Morgan fingerprint density at radius 1 is 1.24 bits per heavy atom. The lowest BCUT2D eigenvalue weighted by atomic mass is 10.0. The first-order chi connectivity index (χ1) is 12.1. The molecule has 1 N–H and O–H groups in total. The summed E-state index contributed by atoms with van der Waals surface area (Å²) in [6.07, 6.45) is 0.494. The van der Waals surface area contributed by atoms with Crippen LogP contribution in [0.5, 0.6) is 5.75 Å². The normalized spacial score (nSPS) is 20.8. The second kappa shape index (κ2) is 7.40. The summed E-state index contributed by atoms with van der Waals surface area (Å²) in [7, 11) is 0. The molecule has 1 fully saturated rings. The van der Waals surface area contributed by atoms with E-state index in [2.05, 4.69) is 30.4 Å². The van der Waals surface area contributed by atoms with E-state index < -0.39 is 6.10 Å². The number of carbonyl (C=O) groups is 1. The van der Waals surface area contributed by atoms with E-state index in [1.807, 2.05) is 18.2 Å². The van der Waals surface area contributed by atoms with Gasteiger partial charge in [-0.05, 0) is 48.9 Å². The van der Waals surface area contributed by atoms with Crippen LogP contribution in [-0.4, -0.2) is 12.0 Å². The van der Waals surface area contributed by atoms with Crippen LogP contribution in [0.2, 0.25) is 0 Å². The zero-order valence-electron chi connectivity index (χ0n) is 14.5. The first-order valence-electron chi connectivity index (χ1n) is 8.60. The zero-order chi connectivity index (χ0) is 17.8. The van der Waals surface area contributed by atoms with Crippen molar-refractivity contribution < 1.29 is 9.53 Å². The summed E-state index contributed by atoms with van der Waals surface area (Å²) >= 11 is 0. The first kappa shape index (κ1) is 17.0. The minimum absolute atomic E-state index is 0.0141. The zero-order valence-corrected chi connectivity index (χ0v) is 14.5. The predicted octanol–water partition coefficient (Wildman–Crippen LogP) is 3.84. The van der Waals surface area contributed by atoms with Gasteiger partial charge in [-0.1, -0.05) is 43.3 Å². The molecule has 4 heteroatoms. The molecule has 0 saturated heterocycles. The van der Waals surface area contributed by atoms with Crippen molar-refractivity contribution in [2.75, 3.05) is 0 Å². The summed E-state index contributed by atoms with van der Waals surface area (Å²) in [6, 6.07) is 19.0. The predicted molar refractivity (Wildman–Crippen MR) is 95.8 cm³/mol. The highest BCUT2D eigenvalue weighted by molar-refractivity contribution is 5.81. The number of nitrogens with zero attached hydrogens (tertiary/aromatic N) is 1.